The van der Waals surface area contributed by atoms with Gasteiger partial charge in [0.05, 0.1) is 6.61 Å². The van der Waals surface area contributed by atoms with Crippen LogP contribution in [0.15, 0.2) is 11.6 Å². The van der Waals surface area contributed by atoms with E-state index >= 15 is 0 Å². The molecular weight excluding hydrogens is 186 g/mol. The zero-order chi connectivity index (χ0) is 10.3. The smallest absolute Gasteiger partial charge is 0.0677 e. The molecule has 1 aliphatic carbocycles. The summed E-state index contributed by atoms with van der Waals surface area (Å²) in [5.74, 6) is 0.848. The minimum atomic E-state index is 0.848. The van der Waals surface area contributed by atoms with Crippen LogP contribution in [0.5, 0.6) is 0 Å². The second kappa shape index (κ2) is 6.29. The molecule has 1 aliphatic heterocycles. The van der Waals surface area contributed by atoms with Crippen molar-refractivity contribution in [1.29, 1.82) is 0 Å². The molecule has 0 bridgehead atoms. The Kier molecular flexibility index (Phi) is 4.68. The molecule has 0 aromatic rings. The van der Waals surface area contributed by atoms with Gasteiger partial charge in [-0.2, -0.15) is 0 Å². The molecule has 0 radical (unpaired) electrons. The molecular formula is C13H23NO. The summed E-state index contributed by atoms with van der Waals surface area (Å²) in [4.78, 5) is 0. The molecule has 2 rings (SSSR count). The highest BCUT2D eigenvalue weighted by atomic mass is 16.5. The third kappa shape index (κ3) is 3.96. The second-order valence-electron chi connectivity index (χ2n) is 4.84. The van der Waals surface area contributed by atoms with Crippen LogP contribution in [-0.2, 0) is 4.74 Å². The third-order valence-electron chi connectivity index (χ3n) is 3.52. The Morgan fingerprint density at radius 1 is 1.27 bits per heavy atom. The van der Waals surface area contributed by atoms with E-state index in [2.05, 4.69) is 11.4 Å². The standard InChI is InChI=1S/C13H23NO/c1-2-4-12(5-3-1)10-15-11-13-6-8-14-9-7-13/h6,12,14H,1-5,7-11H2. The lowest BCUT2D eigenvalue weighted by Crippen LogP contribution is -2.22. The lowest BCUT2D eigenvalue weighted by Gasteiger charge is -2.22. The van der Waals surface area contributed by atoms with Crippen LogP contribution in [0, 0.1) is 5.92 Å². The number of nitrogens with one attached hydrogen (secondary N) is 1. The molecule has 0 spiro atoms. The minimum absolute atomic E-state index is 0.848. The summed E-state index contributed by atoms with van der Waals surface area (Å²) in [5, 5.41) is 3.32. The molecule has 2 aliphatic rings. The van der Waals surface area contributed by atoms with E-state index in [-0.39, 0.29) is 0 Å². The zero-order valence-electron chi connectivity index (χ0n) is 9.63. The maximum atomic E-state index is 5.82. The number of hydrogen-bond donors (Lipinski definition) is 1. The summed E-state index contributed by atoms with van der Waals surface area (Å²) < 4.78 is 5.82. The molecule has 2 heteroatoms. The Hall–Kier alpha value is -0.340. The van der Waals surface area contributed by atoms with Gasteiger partial charge in [0, 0.05) is 13.2 Å². The summed E-state index contributed by atoms with van der Waals surface area (Å²) in [5.41, 5.74) is 1.49. The fourth-order valence-corrected chi connectivity index (χ4v) is 2.51. The monoisotopic (exact) mass is 209 g/mol. The van der Waals surface area contributed by atoms with Crippen molar-refractivity contribution in [2.75, 3.05) is 26.3 Å². The largest absolute Gasteiger partial charge is 0.377 e. The molecule has 0 aromatic carbocycles. The lowest BCUT2D eigenvalue weighted by molar-refractivity contribution is 0.0994. The van der Waals surface area contributed by atoms with Gasteiger partial charge in [-0.05, 0) is 37.3 Å². The van der Waals surface area contributed by atoms with Gasteiger partial charge in [0.1, 0.15) is 0 Å². The highest BCUT2D eigenvalue weighted by Crippen LogP contribution is 2.23. The van der Waals surface area contributed by atoms with Crippen LogP contribution in [0.3, 0.4) is 0 Å². The van der Waals surface area contributed by atoms with Crippen molar-refractivity contribution in [1.82, 2.24) is 5.32 Å². The van der Waals surface area contributed by atoms with Crippen molar-refractivity contribution in [3.05, 3.63) is 11.6 Å². The number of hydrogen-bond acceptors (Lipinski definition) is 2. The summed E-state index contributed by atoms with van der Waals surface area (Å²) >= 11 is 0. The van der Waals surface area contributed by atoms with Crippen molar-refractivity contribution >= 4 is 0 Å². The predicted octanol–water partition coefficient (Wildman–Crippen LogP) is 2.50. The van der Waals surface area contributed by atoms with E-state index in [0.29, 0.717) is 0 Å². The van der Waals surface area contributed by atoms with Crippen LogP contribution in [0.1, 0.15) is 38.5 Å². The normalized spacial score (nSPS) is 23.9. The quantitative estimate of drug-likeness (QED) is 0.718. The highest BCUT2D eigenvalue weighted by molar-refractivity contribution is 5.06. The van der Waals surface area contributed by atoms with Gasteiger partial charge in [-0.25, -0.2) is 0 Å². The van der Waals surface area contributed by atoms with Gasteiger partial charge < -0.3 is 10.1 Å². The predicted molar refractivity (Wildman–Crippen MR) is 63.0 cm³/mol. The van der Waals surface area contributed by atoms with Crippen molar-refractivity contribution in [2.45, 2.75) is 38.5 Å². The molecule has 0 amide bonds. The van der Waals surface area contributed by atoms with Crippen LogP contribution >= 0.6 is 0 Å². The van der Waals surface area contributed by atoms with Crippen molar-refractivity contribution in [3.8, 4) is 0 Å². The Morgan fingerprint density at radius 2 is 2.13 bits per heavy atom. The Morgan fingerprint density at radius 3 is 2.87 bits per heavy atom. The first-order chi connectivity index (χ1) is 7.45. The van der Waals surface area contributed by atoms with E-state index in [1.54, 1.807) is 0 Å². The van der Waals surface area contributed by atoms with Gasteiger partial charge in [-0.1, -0.05) is 25.3 Å². The molecule has 1 fully saturated rings. The van der Waals surface area contributed by atoms with Crippen molar-refractivity contribution in [3.63, 3.8) is 0 Å². The summed E-state index contributed by atoms with van der Waals surface area (Å²) in [6, 6.07) is 0. The van der Waals surface area contributed by atoms with E-state index in [1.165, 1.54) is 44.1 Å². The average Bonchev–Trinajstić information content (AvgIpc) is 2.32. The van der Waals surface area contributed by atoms with Gasteiger partial charge in [0.2, 0.25) is 0 Å². The molecule has 0 unspecified atom stereocenters. The Bertz CT molecular complexity index is 207. The van der Waals surface area contributed by atoms with Gasteiger partial charge in [-0.3, -0.25) is 0 Å². The van der Waals surface area contributed by atoms with E-state index in [9.17, 15) is 0 Å². The van der Waals surface area contributed by atoms with E-state index in [1.807, 2.05) is 0 Å². The second-order valence-corrected chi connectivity index (χ2v) is 4.84. The SMILES string of the molecule is C1=C(COCC2CCCCC2)CCNC1. The minimum Gasteiger partial charge on any atom is -0.377 e. The van der Waals surface area contributed by atoms with E-state index < -0.39 is 0 Å². The first-order valence-corrected chi connectivity index (χ1v) is 6.41. The Balaban J connectivity index is 1.59. The molecule has 1 heterocycles. The van der Waals surface area contributed by atoms with Gasteiger partial charge >= 0.3 is 0 Å². The fourth-order valence-electron chi connectivity index (χ4n) is 2.51. The zero-order valence-corrected chi connectivity index (χ0v) is 9.63. The molecule has 0 saturated heterocycles. The topological polar surface area (TPSA) is 21.3 Å². The van der Waals surface area contributed by atoms with E-state index in [0.717, 1.165) is 32.2 Å². The molecule has 0 atom stereocenters. The van der Waals surface area contributed by atoms with Crippen LogP contribution in [0.4, 0.5) is 0 Å². The first kappa shape index (κ1) is 11.2. The maximum absolute atomic E-state index is 5.82. The van der Waals surface area contributed by atoms with Crippen LogP contribution in [0.2, 0.25) is 0 Å². The summed E-state index contributed by atoms with van der Waals surface area (Å²) in [6.45, 7) is 4.02. The number of rotatable bonds is 4. The summed E-state index contributed by atoms with van der Waals surface area (Å²) in [7, 11) is 0. The maximum Gasteiger partial charge on any atom is 0.0677 e. The molecule has 1 N–H and O–H groups in total. The van der Waals surface area contributed by atoms with E-state index in [4.69, 9.17) is 4.74 Å². The first-order valence-electron chi connectivity index (χ1n) is 6.41. The van der Waals surface area contributed by atoms with Gasteiger partial charge in [0.25, 0.3) is 0 Å². The molecule has 2 nitrogen and oxygen atoms in total. The van der Waals surface area contributed by atoms with Crippen LogP contribution in [-0.4, -0.2) is 26.3 Å². The molecule has 15 heavy (non-hydrogen) atoms. The van der Waals surface area contributed by atoms with Gasteiger partial charge in [-0.15, -0.1) is 0 Å². The lowest BCUT2D eigenvalue weighted by atomic mass is 9.90. The van der Waals surface area contributed by atoms with Crippen LogP contribution < -0.4 is 5.32 Å². The van der Waals surface area contributed by atoms with Gasteiger partial charge in [0.15, 0.2) is 0 Å². The number of ether oxygens (including phenoxy) is 1. The molecule has 1 saturated carbocycles. The third-order valence-corrected chi connectivity index (χ3v) is 3.52. The molecule has 86 valence electrons. The Labute approximate surface area is 93.1 Å². The van der Waals surface area contributed by atoms with Crippen molar-refractivity contribution in [2.24, 2.45) is 5.92 Å². The molecule has 0 aromatic heterocycles. The fraction of sp³-hybridized carbons (Fsp3) is 0.846. The van der Waals surface area contributed by atoms with Crippen LogP contribution in [0.25, 0.3) is 0 Å². The average molecular weight is 209 g/mol. The summed E-state index contributed by atoms with van der Waals surface area (Å²) in [6.07, 6.45) is 10.5. The highest BCUT2D eigenvalue weighted by Gasteiger charge is 2.13. The van der Waals surface area contributed by atoms with Crippen molar-refractivity contribution < 1.29 is 4.74 Å².